The number of rotatable bonds is 6. The first-order valence-corrected chi connectivity index (χ1v) is 10.3. The number of pyridine rings is 1. The van der Waals surface area contributed by atoms with E-state index in [2.05, 4.69) is 30.4 Å². The van der Waals surface area contributed by atoms with Gasteiger partial charge in [0.15, 0.2) is 11.0 Å². The molecule has 0 radical (unpaired) electrons. The molecule has 2 heterocycles. The number of amides is 3. The fourth-order valence-corrected chi connectivity index (χ4v) is 4.13. The highest BCUT2D eigenvalue weighted by Crippen LogP contribution is 2.40. The monoisotopic (exact) mass is 386 g/mol. The number of carbonyl (C=O) groups excluding carboxylic acids is 2. The summed E-state index contributed by atoms with van der Waals surface area (Å²) in [7, 11) is 0. The first kappa shape index (κ1) is 18.0. The zero-order chi connectivity index (χ0) is 18.6. The third kappa shape index (κ3) is 4.47. The molecule has 142 valence electrons. The van der Waals surface area contributed by atoms with Crippen molar-refractivity contribution in [3.05, 3.63) is 24.5 Å². The average molecular weight is 386 g/mol. The number of nitrogens with one attached hydrogen (secondary N) is 2. The Hall–Kier alpha value is -2.42. The zero-order valence-electron chi connectivity index (χ0n) is 14.9. The van der Waals surface area contributed by atoms with Crippen LogP contribution in [-0.2, 0) is 4.79 Å². The molecule has 2 aliphatic carbocycles. The first-order chi connectivity index (χ1) is 13.2. The maximum atomic E-state index is 12.1. The number of carbonyl (C=O) groups is 2. The number of nitrogens with zero attached hydrogens (tertiary/aromatic N) is 4. The van der Waals surface area contributed by atoms with Crippen molar-refractivity contribution < 1.29 is 9.59 Å². The molecule has 0 atom stereocenters. The van der Waals surface area contributed by atoms with E-state index in [9.17, 15) is 9.59 Å². The Morgan fingerprint density at radius 2 is 1.85 bits per heavy atom. The number of hydrogen-bond acceptors (Lipinski definition) is 6. The summed E-state index contributed by atoms with van der Waals surface area (Å²) in [6.07, 6.45) is 9.85. The van der Waals surface area contributed by atoms with Gasteiger partial charge in [0.2, 0.25) is 5.91 Å². The summed E-state index contributed by atoms with van der Waals surface area (Å²) in [4.78, 5) is 28.1. The van der Waals surface area contributed by atoms with E-state index in [0.717, 1.165) is 49.9 Å². The predicted molar refractivity (Wildman–Crippen MR) is 101 cm³/mol. The number of thioether (sulfide) groups is 1. The summed E-state index contributed by atoms with van der Waals surface area (Å²) >= 11 is 1.31. The Morgan fingerprint density at radius 3 is 2.56 bits per heavy atom. The molecule has 0 bridgehead atoms. The summed E-state index contributed by atoms with van der Waals surface area (Å²) in [6, 6.07) is 3.95. The van der Waals surface area contributed by atoms with Crippen molar-refractivity contribution in [1.82, 2.24) is 30.4 Å². The van der Waals surface area contributed by atoms with Gasteiger partial charge < -0.3 is 5.32 Å². The van der Waals surface area contributed by atoms with Crippen molar-refractivity contribution >= 4 is 23.7 Å². The molecule has 9 heteroatoms. The van der Waals surface area contributed by atoms with E-state index in [-0.39, 0.29) is 17.7 Å². The number of hydrogen-bond donors (Lipinski definition) is 2. The molecule has 0 saturated heterocycles. The van der Waals surface area contributed by atoms with Crippen LogP contribution in [0.5, 0.6) is 0 Å². The second-order valence-electron chi connectivity index (χ2n) is 6.93. The van der Waals surface area contributed by atoms with E-state index < -0.39 is 6.03 Å². The number of imide groups is 1. The highest BCUT2D eigenvalue weighted by atomic mass is 32.2. The molecular weight excluding hydrogens is 364 g/mol. The van der Waals surface area contributed by atoms with E-state index >= 15 is 0 Å². The first-order valence-electron chi connectivity index (χ1n) is 9.29. The van der Waals surface area contributed by atoms with Gasteiger partial charge >= 0.3 is 6.03 Å². The van der Waals surface area contributed by atoms with Crippen LogP contribution in [0.15, 0.2) is 29.7 Å². The molecule has 27 heavy (non-hydrogen) atoms. The molecule has 4 rings (SSSR count). The van der Waals surface area contributed by atoms with Gasteiger partial charge in [-0.05, 0) is 37.8 Å². The van der Waals surface area contributed by atoms with Gasteiger partial charge in [0.25, 0.3) is 0 Å². The summed E-state index contributed by atoms with van der Waals surface area (Å²) in [6.45, 7) is 0. The molecule has 2 fully saturated rings. The number of urea groups is 1. The molecule has 2 N–H and O–H groups in total. The fourth-order valence-electron chi connectivity index (χ4n) is 3.32. The molecule has 0 spiro atoms. The van der Waals surface area contributed by atoms with E-state index in [1.807, 2.05) is 12.1 Å². The van der Waals surface area contributed by atoms with E-state index in [1.54, 1.807) is 12.4 Å². The molecule has 3 amide bonds. The fraction of sp³-hybridized carbons (Fsp3) is 0.500. The highest BCUT2D eigenvalue weighted by molar-refractivity contribution is 7.99. The maximum absolute atomic E-state index is 12.1. The molecule has 2 aromatic rings. The van der Waals surface area contributed by atoms with Crippen molar-refractivity contribution in [2.24, 2.45) is 0 Å². The van der Waals surface area contributed by atoms with Crippen molar-refractivity contribution in [1.29, 1.82) is 0 Å². The second-order valence-corrected chi connectivity index (χ2v) is 7.88. The van der Waals surface area contributed by atoms with Crippen LogP contribution in [-0.4, -0.2) is 43.5 Å². The van der Waals surface area contributed by atoms with Crippen molar-refractivity contribution in [2.75, 3.05) is 5.75 Å². The lowest BCUT2D eigenvalue weighted by Crippen LogP contribution is -2.44. The molecule has 8 nitrogen and oxygen atoms in total. The summed E-state index contributed by atoms with van der Waals surface area (Å²) < 4.78 is 2.09. The van der Waals surface area contributed by atoms with Crippen LogP contribution in [0.4, 0.5) is 4.79 Å². The lowest BCUT2D eigenvalue weighted by molar-refractivity contribution is -0.117. The van der Waals surface area contributed by atoms with Gasteiger partial charge in [-0.3, -0.25) is 19.7 Å². The third-order valence-electron chi connectivity index (χ3n) is 4.79. The molecule has 2 aliphatic rings. The topological polar surface area (TPSA) is 102 Å². The van der Waals surface area contributed by atoms with E-state index in [1.165, 1.54) is 11.8 Å². The van der Waals surface area contributed by atoms with Crippen LogP contribution in [0.25, 0.3) is 11.4 Å². The SMILES string of the molecule is O=C(CSc1nnc(-c2ccncc2)n1C1CC1)NC(=O)NC1CCCC1. The van der Waals surface area contributed by atoms with Gasteiger partial charge in [-0.1, -0.05) is 24.6 Å². The minimum atomic E-state index is -0.409. The molecular formula is C18H22N6O2S. The summed E-state index contributed by atoms with van der Waals surface area (Å²) in [5, 5.41) is 14.5. The molecule has 0 aromatic carbocycles. The smallest absolute Gasteiger partial charge is 0.321 e. The van der Waals surface area contributed by atoms with Crippen LogP contribution in [0, 0.1) is 0 Å². The van der Waals surface area contributed by atoms with E-state index in [0.29, 0.717) is 11.2 Å². The van der Waals surface area contributed by atoms with Gasteiger partial charge in [-0.15, -0.1) is 10.2 Å². The van der Waals surface area contributed by atoms with Gasteiger partial charge in [-0.2, -0.15) is 0 Å². The Bertz CT molecular complexity index is 815. The normalized spacial score (nSPS) is 17.0. The van der Waals surface area contributed by atoms with Crippen molar-refractivity contribution in [2.45, 2.75) is 55.8 Å². The van der Waals surface area contributed by atoms with Crippen LogP contribution in [0.3, 0.4) is 0 Å². The third-order valence-corrected chi connectivity index (χ3v) is 5.73. The van der Waals surface area contributed by atoms with Gasteiger partial charge in [0.1, 0.15) is 0 Å². The van der Waals surface area contributed by atoms with E-state index in [4.69, 9.17) is 0 Å². The average Bonchev–Trinajstić information content (AvgIpc) is 3.21. The highest BCUT2D eigenvalue weighted by Gasteiger charge is 2.30. The predicted octanol–water partition coefficient (Wildman–Crippen LogP) is 2.54. The van der Waals surface area contributed by atoms with Gasteiger partial charge in [0, 0.05) is 30.0 Å². The van der Waals surface area contributed by atoms with Crippen LogP contribution in [0.1, 0.15) is 44.6 Å². The largest absolute Gasteiger partial charge is 0.335 e. The zero-order valence-corrected chi connectivity index (χ0v) is 15.7. The Balaban J connectivity index is 1.36. The Morgan fingerprint density at radius 1 is 1.11 bits per heavy atom. The van der Waals surface area contributed by atoms with Gasteiger partial charge in [0.05, 0.1) is 5.75 Å². The lowest BCUT2D eigenvalue weighted by Gasteiger charge is -2.12. The van der Waals surface area contributed by atoms with Crippen LogP contribution < -0.4 is 10.6 Å². The molecule has 0 aliphatic heterocycles. The summed E-state index contributed by atoms with van der Waals surface area (Å²) in [5.41, 5.74) is 0.955. The van der Waals surface area contributed by atoms with Crippen LogP contribution in [0.2, 0.25) is 0 Å². The Labute approximate surface area is 161 Å². The standard InChI is InChI=1S/C18H22N6O2S/c25-15(21-17(26)20-13-3-1-2-4-13)11-27-18-23-22-16(24(18)14-5-6-14)12-7-9-19-10-8-12/h7-10,13-14H,1-6,11H2,(H2,20,21,25,26). The number of aromatic nitrogens is 4. The maximum Gasteiger partial charge on any atom is 0.321 e. The lowest BCUT2D eigenvalue weighted by atomic mass is 10.2. The minimum absolute atomic E-state index is 0.124. The molecule has 2 aromatic heterocycles. The molecule has 2 saturated carbocycles. The molecule has 0 unspecified atom stereocenters. The quantitative estimate of drug-likeness (QED) is 0.740. The van der Waals surface area contributed by atoms with Crippen LogP contribution >= 0.6 is 11.8 Å². The second kappa shape index (κ2) is 8.08. The van der Waals surface area contributed by atoms with Gasteiger partial charge in [-0.25, -0.2) is 4.79 Å². The van der Waals surface area contributed by atoms with Crippen molar-refractivity contribution in [3.63, 3.8) is 0 Å². The minimum Gasteiger partial charge on any atom is -0.335 e. The Kier molecular flexibility index (Phi) is 5.38. The summed E-state index contributed by atoms with van der Waals surface area (Å²) in [5.74, 6) is 0.590. The van der Waals surface area contributed by atoms with Crippen molar-refractivity contribution in [3.8, 4) is 11.4 Å².